The summed E-state index contributed by atoms with van der Waals surface area (Å²) in [5.41, 5.74) is 3.79. The Hall–Kier alpha value is -4.13. The van der Waals surface area contributed by atoms with E-state index in [-0.39, 0.29) is 29.5 Å². The van der Waals surface area contributed by atoms with Crippen molar-refractivity contribution >= 4 is 11.7 Å². The Morgan fingerprint density at radius 2 is 1.47 bits per heavy atom. The molecule has 5 rings (SSSR count). The van der Waals surface area contributed by atoms with Crippen molar-refractivity contribution in [1.29, 1.82) is 0 Å². The number of anilines is 1. The molecule has 2 heterocycles. The maximum Gasteiger partial charge on any atom is 0.350 e. The molecule has 3 aromatic carbocycles. The van der Waals surface area contributed by atoms with Crippen LogP contribution in [0, 0.1) is 5.92 Å². The van der Waals surface area contributed by atoms with Gasteiger partial charge in [-0.05, 0) is 68.0 Å². The Labute approximate surface area is 223 Å². The van der Waals surface area contributed by atoms with Gasteiger partial charge in [0, 0.05) is 18.8 Å². The average molecular weight is 511 g/mol. The van der Waals surface area contributed by atoms with E-state index < -0.39 is 0 Å². The number of carbonyl (C=O) groups is 1. The second kappa shape index (κ2) is 11.5. The van der Waals surface area contributed by atoms with Crippen LogP contribution in [-0.4, -0.2) is 40.0 Å². The number of hydrogen-bond donors (Lipinski definition) is 0. The molecule has 4 aromatic rings. The van der Waals surface area contributed by atoms with Gasteiger partial charge in [-0.15, -0.1) is 0 Å². The zero-order valence-electron chi connectivity index (χ0n) is 21.9. The van der Waals surface area contributed by atoms with E-state index in [1.54, 1.807) is 10.9 Å². The van der Waals surface area contributed by atoms with Crippen LogP contribution >= 0.6 is 0 Å². The van der Waals surface area contributed by atoms with Gasteiger partial charge in [0.1, 0.15) is 6.33 Å². The van der Waals surface area contributed by atoms with Crippen LogP contribution in [0.25, 0.3) is 5.69 Å². The van der Waals surface area contributed by atoms with Crippen LogP contribution in [-0.2, 0) is 9.53 Å². The quantitative estimate of drug-likeness (QED) is 0.305. The zero-order chi connectivity index (χ0) is 26.5. The number of esters is 1. The lowest BCUT2D eigenvalue weighted by Crippen LogP contribution is -2.37. The highest BCUT2D eigenvalue weighted by atomic mass is 16.5. The summed E-state index contributed by atoms with van der Waals surface area (Å²) in [6, 6.07) is 27.8. The van der Waals surface area contributed by atoms with Crippen molar-refractivity contribution in [1.82, 2.24) is 14.3 Å². The molecule has 0 aliphatic carbocycles. The van der Waals surface area contributed by atoms with Crippen LogP contribution in [0.2, 0.25) is 0 Å². The Kier molecular flexibility index (Phi) is 7.73. The molecule has 1 aliphatic heterocycles. The summed E-state index contributed by atoms with van der Waals surface area (Å²) in [4.78, 5) is 28.3. The van der Waals surface area contributed by atoms with E-state index in [2.05, 4.69) is 22.1 Å². The smallest absolute Gasteiger partial charge is 0.350 e. The average Bonchev–Trinajstić information content (AvgIpc) is 3.35. The van der Waals surface area contributed by atoms with Crippen molar-refractivity contribution in [2.24, 2.45) is 5.92 Å². The van der Waals surface area contributed by atoms with Gasteiger partial charge >= 0.3 is 11.7 Å². The van der Waals surface area contributed by atoms with E-state index in [1.807, 2.05) is 86.6 Å². The van der Waals surface area contributed by atoms with Crippen LogP contribution < -0.4 is 10.6 Å². The number of nitrogens with zero attached hydrogens (tertiary/aromatic N) is 4. The van der Waals surface area contributed by atoms with E-state index in [0.717, 1.165) is 48.4 Å². The van der Waals surface area contributed by atoms with Gasteiger partial charge in [0.05, 0.1) is 24.3 Å². The molecule has 0 radical (unpaired) electrons. The van der Waals surface area contributed by atoms with Crippen molar-refractivity contribution in [2.45, 2.75) is 38.6 Å². The first-order valence-corrected chi connectivity index (χ1v) is 13.3. The molecule has 7 heteroatoms. The number of carbonyl (C=O) groups excluding carboxylic acids is 1. The van der Waals surface area contributed by atoms with Crippen LogP contribution in [0.15, 0.2) is 96.1 Å². The predicted octanol–water partition coefficient (Wildman–Crippen LogP) is 5.21. The predicted molar refractivity (Wildman–Crippen MR) is 149 cm³/mol. The van der Waals surface area contributed by atoms with E-state index in [4.69, 9.17) is 4.74 Å². The van der Waals surface area contributed by atoms with Gasteiger partial charge in [-0.25, -0.2) is 14.0 Å². The van der Waals surface area contributed by atoms with Crippen molar-refractivity contribution in [3.05, 3.63) is 113 Å². The Morgan fingerprint density at radius 1 is 0.895 bits per heavy atom. The summed E-state index contributed by atoms with van der Waals surface area (Å²) in [6.07, 6.45) is 3.40. The van der Waals surface area contributed by atoms with Crippen molar-refractivity contribution in [2.75, 3.05) is 24.6 Å². The normalized spacial score (nSPS) is 15.7. The van der Waals surface area contributed by atoms with E-state index in [9.17, 15) is 9.59 Å². The molecule has 0 bridgehead atoms. The zero-order valence-corrected chi connectivity index (χ0v) is 21.9. The first-order chi connectivity index (χ1) is 18.6. The molecule has 2 atom stereocenters. The summed E-state index contributed by atoms with van der Waals surface area (Å²) >= 11 is 0. The Bertz CT molecular complexity index is 1390. The summed E-state index contributed by atoms with van der Waals surface area (Å²) in [5.74, 6) is -0.126. The van der Waals surface area contributed by atoms with Crippen LogP contribution in [0.3, 0.4) is 0 Å². The third-order valence-electron chi connectivity index (χ3n) is 7.55. The van der Waals surface area contributed by atoms with Gasteiger partial charge in [0.25, 0.3) is 0 Å². The van der Waals surface area contributed by atoms with Crippen LogP contribution in [0.1, 0.15) is 49.8 Å². The van der Waals surface area contributed by atoms with Crippen molar-refractivity contribution in [3.8, 4) is 5.69 Å². The van der Waals surface area contributed by atoms with Gasteiger partial charge in [0.2, 0.25) is 0 Å². The molecule has 38 heavy (non-hydrogen) atoms. The Morgan fingerprint density at radius 3 is 2.08 bits per heavy atom. The molecule has 0 saturated carbocycles. The molecular formula is C31H34N4O3. The fraction of sp³-hybridized carbons (Fsp3) is 0.323. The highest BCUT2D eigenvalue weighted by Crippen LogP contribution is 2.35. The molecule has 2 unspecified atom stereocenters. The molecule has 0 N–H and O–H groups in total. The van der Waals surface area contributed by atoms with Gasteiger partial charge < -0.3 is 9.64 Å². The van der Waals surface area contributed by atoms with E-state index >= 15 is 0 Å². The first kappa shape index (κ1) is 25.5. The van der Waals surface area contributed by atoms with E-state index in [0.29, 0.717) is 6.61 Å². The highest BCUT2D eigenvalue weighted by molar-refractivity contribution is 5.78. The van der Waals surface area contributed by atoms with Gasteiger partial charge in [-0.3, -0.25) is 4.79 Å². The van der Waals surface area contributed by atoms with Gasteiger partial charge in [-0.2, -0.15) is 5.10 Å². The summed E-state index contributed by atoms with van der Waals surface area (Å²) < 4.78 is 8.54. The van der Waals surface area contributed by atoms with Gasteiger partial charge in [0.15, 0.2) is 0 Å². The molecule has 0 amide bonds. The van der Waals surface area contributed by atoms with Gasteiger partial charge in [-0.1, -0.05) is 60.7 Å². The molecule has 0 spiro atoms. The Balaban J connectivity index is 1.27. The number of piperidine rings is 1. The SMILES string of the molecule is CCOC(=O)C(c1ccccc1)C1CCN(c2ccc(-n3cnn(C(C)c4ccccc4)c3=O)cc2)CC1. The molecule has 1 saturated heterocycles. The number of hydrogen-bond acceptors (Lipinski definition) is 5. The lowest BCUT2D eigenvalue weighted by molar-refractivity contribution is -0.146. The number of ether oxygens (including phenoxy) is 1. The fourth-order valence-electron chi connectivity index (χ4n) is 5.44. The summed E-state index contributed by atoms with van der Waals surface area (Å²) in [6.45, 7) is 5.94. The monoisotopic (exact) mass is 510 g/mol. The maximum atomic E-state index is 13.1. The lowest BCUT2D eigenvalue weighted by Gasteiger charge is -2.36. The number of aromatic nitrogens is 3. The van der Waals surface area contributed by atoms with Crippen LogP contribution in [0.5, 0.6) is 0 Å². The molecule has 1 aliphatic rings. The molecule has 196 valence electrons. The first-order valence-electron chi connectivity index (χ1n) is 13.3. The lowest BCUT2D eigenvalue weighted by atomic mass is 9.80. The number of benzene rings is 3. The van der Waals surface area contributed by atoms with Crippen molar-refractivity contribution < 1.29 is 9.53 Å². The second-order valence-electron chi connectivity index (χ2n) is 9.80. The molecular weight excluding hydrogens is 476 g/mol. The highest BCUT2D eigenvalue weighted by Gasteiger charge is 2.33. The molecule has 1 fully saturated rings. The summed E-state index contributed by atoms with van der Waals surface area (Å²) in [5, 5.41) is 4.38. The minimum absolute atomic E-state index is 0.130. The third-order valence-corrected chi connectivity index (χ3v) is 7.55. The minimum Gasteiger partial charge on any atom is -0.466 e. The minimum atomic E-state index is -0.234. The van der Waals surface area contributed by atoms with E-state index in [1.165, 1.54) is 4.68 Å². The number of rotatable bonds is 8. The second-order valence-corrected chi connectivity index (χ2v) is 9.80. The third kappa shape index (κ3) is 5.28. The summed E-state index contributed by atoms with van der Waals surface area (Å²) in [7, 11) is 0. The topological polar surface area (TPSA) is 69.4 Å². The molecule has 7 nitrogen and oxygen atoms in total. The molecule has 1 aromatic heterocycles. The van der Waals surface area contributed by atoms with Crippen molar-refractivity contribution in [3.63, 3.8) is 0 Å². The largest absolute Gasteiger partial charge is 0.466 e. The maximum absolute atomic E-state index is 13.1. The standard InChI is InChI=1S/C31H34N4O3/c1-3-38-30(36)29(25-12-8-5-9-13-25)26-18-20-33(21-19-26)27-14-16-28(17-15-27)34-22-32-35(31(34)37)23(2)24-10-6-4-7-11-24/h4-17,22-23,26,29H,3,18-21H2,1-2H3. The van der Waals surface area contributed by atoms with Crippen LogP contribution in [0.4, 0.5) is 5.69 Å². The fourth-order valence-corrected chi connectivity index (χ4v) is 5.44.